The highest BCUT2D eigenvalue weighted by molar-refractivity contribution is 7.10. The first-order chi connectivity index (χ1) is 14.1. The molecule has 0 radical (unpaired) electrons. The minimum Gasteiger partial charge on any atom is -0.396 e. The Morgan fingerprint density at radius 3 is 2.93 bits per heavy atom. The van der Waals surface area contributed by atoms with E-state index in [1.165, 1.54) is 6.07 Å². The van der Waals surface area contributed by atoms with Crippen molar-refractivity contribution in [1.29, 1.82) is 0 Å². The van der Waals surface area contributed by atoms with Crippen molar-refractivity contribution in [2.24, 2.45) is 11.8 Å². The number of hydrogen-bond acceptors (Lipinski definition) is 5. The summed E-state index contributed by atoms with van der Waals surface area (Å²) in [4.78, 5) is 18.1. The second-order valence-electron chi connectivity index (χ2n) is 8.50. The lowest BCUT2D eigenvalue weighted by molar-refractivity contribution is -0.138. The molecule has 154 valence electrons. The zero-order chi connectivity index (χ0) is 20.0. The van der Waals surface area contributed by atoms with Crippen molar-refractivity contribution in [3.05, 3.63) is 58.0 Å². The summed E-state index contributed by atoms with van der Waals surface area (Å²) in [5, 5.41) is 12.0. The molecule has 3 saturated heterocycles. The maximum atomic E-state index is 13.6. The van der Waals surface area contributed by atoms with Crippen LogP contribution in [0, 0.1) is 17.7 Å². The quantitative estimate of drug-likeness (QED) is 0.812. The molecule has 1 aromatic carbocycles. The molecule has 4 heterocycles. The van der Waals surface area contributed by atoms with Gasteiger partial charge in [0.15, 0.2) is 0 Å². The standard InChI is InChI=1S/C22H25FN2O3S/c23-16-4-1-3-15(7-16)9-24-11-20-18(12-26)19-10-25(14-22(19,13-24)28-20)21(27)8-17-5-2-6-29-17/h1-7,18-20,26H,8-14H2/t18-,19+,20+,22+/m0/s1. The van der Waals surface area contributed by atoms with E-state index in [2.05, 4.69) is 4.90 Å². The van der Waals surface area contributed by atoms with E-state index in [9.17, 15) is 14.3 Å². The van der Waals surface area contributed by atoms with Gasteiger partial charge < -0.3 is 14.7 Å². The van der Waals surface area contributed by atoms with E-state index >= 15 is 0 Å². The predicted octanol–water partition coefficient (Wildman–Crippen LogP) is 2.15. The molecule has 1 amide bonds. The zero-order valence-corrected chi connectivity index (χ0v) is 17.0. The highest BCUT2D eigenvalue weighted by Crippen LogP contribution is 2.49. The third kappa shape index (κ3) is 3.50. The third-order valence-electron chi connectivity index (χ3n) is 6.63. The van der Waals surface area contributed by atoms with Crippen molar-refractivity contribution >= 4 is 17.2 Å². The molecule has 1 N–H and O–H groups in total. The molecule has 3 aliphatic heterocycles. The Morgan fingerprint density at radius 1 is 1.28 bits per heavy atom. The molecule has 2 bridgehead atoms. The van der Waals surface area contributed by atoms with Crippen LogP contribution in [0.15, 0.2) is 41.8 Å². The fourth-order valence-electron chi connectivity index (χ4n) is 5.40. The van der Waals surface area contributed by atoms with Crippen molar-refractivity contribution in [1.82, 2.24) is 9.80 Å². The molecule has 3 aliphatic rings. The Hall–Kier alpha value is -1.80. The molecule has 7 heteroatoms. The van der Waals surface area contributed by atoms with Crippen LogP contribution in [0.25, 0.3) is 0 Å². The van der Waals surface area contributed by atoms with Crippen molar-refractivity contribution in [3.8, 4) is 0 Å². The number of benzene rings is 1. The van der Waals surface area contributed by atoms with Gasteiger partial charge in [-0.2, -0.15) is 0 Å². The van der Waals surface area contributed by atoms with E-state index in [0.717, 1.165) is 17.0 Å². The maximum Gasteiger partial charge on any atom is 0.227 e. The normalized spacial score (nSPS) is 31.2. The molecule has 1 spiro atoms. The Labute approximate surface area is 173 Å². The number of ether oxygens (including phenoxy) is 1. The van der Waals surface area contributed by atoms with Crippen molar-refractivity contribution in [2.75, 3.05) is 32.8 Å². The number of fused-ring (bicyclic) bond motifs is 1. The Balaban J connectivity index is 1.33. The van der Waals surface area contributed by atoms with Crippen LogP contribution < -0.4 is 0 Å². The van der Waals surface area contributed by atoms with E-state index < -0.39 is 5.60 Å². The van der Waals surface area contributed by atoms with Crippen LogP contribution in [-0.4, -0.2) is 65.3 Å². The van der Waals surface area contributed by atoms with Crippen LogP contribution in [0.5, 0.6) is 0 Å². The van der Waals surface area contributed by atoms with E-state index in [0.29, 0.717) is 32.6 Å². The molecular formula is C22H25FN2O3S. The summed E-state index contributed by atoms with van der Waals surface area (Å²) < 4.78 is 20.0. The van der Waals surface area contributed by atoms with Gasteiger partial charge in [0.2, 0.25) is 5.91 Å². The van der Waals surface area contributed by atoms with Gasteiger partial charge in [0.25, 0.3) is 0 Å². The van der Waals surface area contributed by atoms with Gasteiger partial charge in [-0.05, 0) is 29.1 Å². The highest BCUT2D eigenvalue weighted by Gasteiger charge is 2.62. The molecule has 2 aromatic rings. The van der Waals surface area contributed by atoms with Crippen molar-refractivity contribution in [2.45, 2.75) is 24.7 Å². The SMILES string of the molecule is O=C(Cc1cccs1)N1C[C@@H]2[C@H](CO)[C@H]3CN(Cc4cccc(F)c4)C[C@]2(C1)O3. The lowest BCUT2D eigenvalue weighted by Crippen LogP contribution is -2.54. The number of thiophene rings is 1. The Bertz CT molecular complexity index is 892. The van der Waals surface area contributed by atoms with Gasteiger partial charge in [-0.1, -0.05) is 18.2 Å². The fourth-order valence-corrected chi connectivity index (χ4v) is 6.10. The Kier molecular flexibility index (Phi) is 4.94. The lowest BCUT2D eigenvalue weighted by atomic mass is 9.83. The summed E-state index contributed by atoms with van der Waals surface area (Å²) in [6.45, 7) is 3.34. The number of morpholine rings is 1. The number of aliphatic hydroxyl groups is 1. The summed E-state index contributed by atoms with van der Waals surface area (Å²) in [7, 11) is 0. The summed E-state index contributed by atoms with van der Waals surface area (Å²) in [6.07, 6.45) is 0.377. The second-order valence-corrected chi connectivity index (χ2v) is 9.54. The molecule has 0 saturated carbocycles. The van der Waals surface area contributed by atoms with Gasteiger partial charge in [0, 0.05) is 49.5 Å². The molecule has 29 heavy (non-hydrogen) atoms. The van der Waals surface area contributed by atoms with Crippen LogP contribution in [0.2, 0.25) is 0 Å². The topological polar surface area (TPSA) is 53.0 Å². The van der Waals surface area contributed by atoms with Crippen LogP contribution >= 0.6 is 11.3 Å². The van der Waals surface area contributed by atoms with E-state index in [4.69, 9.17) is 4.74 Å². The summed E-state index contributed by atoms with van der Waals surface area (Å²) in [5.74, 6) is 0.0684. The first-order valence-electron chi connectivity index (χ1n) is 10.1. The number of nitrogens with zero attached hydrogens (tertiary/aromatic N) is 2. The monoisotopic (exact) mass is 416 g/mol. The average Bonchev–Trinajstić information content (AvgIpc) is 3.35. The van der Waals surface area contributed by atoms with E-state index in [1.54, 1.807) is 23.5 Å². The van der Waals surface area contributed by atoms with Gasteiger partial charge in [0.05, 0.1) is 19.1 Å². The number of likely N-dealkylation sites (tertiary alicyclic amines) is 2. The van der Waals surface area contributed by atoms with Crippen molar-refractivity contribution < 1.29 is 19.0 Å². The average molecular weight is 417 g/mol. The highest BCUT2D eigenvalue weighted by atomic mass is 32.1. The van der Waals surface area contributed by atoms with Gasteiger partial charge in [0.1, 0.15) is 11.4 Å². The maximum absolute atomic E-state index is 13.6. The number of aliphatic hydroxyl groups excluding tert-OH is 1. The molecular weight excluding hydrogens is 391 g/mol. The smallest absolute Gasteiger partial charge is 0.227 e. The molecule has 1 aromatic heterocycles. The van der Waals surface area contributed by atoms with Crippen LogP contribution in [0.3, 0.4) is 0 Å². The zero-order valence-electron chi connectivity index (χ0n) is 16.2. The fraction of sp³-hybridized carbons (Fsp3) is 0.500. The second kappa shape index (κ2) is 7.47. The van der Waals surface area contributed by atoms with Gasteiger partial charge in [-0.3, -0.25) is 9.69 Å². The molecule has 0 unspecified atom stereocenters. The number of hydrogen-bond donors (Lipinski definition) is 1. The van der Waals surface area contributed by atoms with E-state index in [-0.39, 0.29) is 36.3 Å². The summed E-state index contributed by atoms with van der Waals surface area (Å²) in [6, 6.07) is 10.6. The van der Waals surface area contributed by atoms with Gasteiger partial charge in [-0.15, -0.1) is 11.3 Å². The van der Waals surface area contributed by atoms with Gasteiger partial charge >= 0.3 is 0 Å². The minimum atomic E-state index is -0.436. The largest absolute Gasteiger partial charge is 0.396 e. The number of carbonyl (C=O) groups excluding carboxylic acids is 1. The van der Waals surface area contributed by atoms with Crippen LogP contribution in [0.1, 0.15) is 10.4 Å². The van der Waals surface area contributed by atoms with Crippen molar-refractivity contribution in [3.63, 3.8) is 0 Å². The molecule has 0 aliphatic carbocycles. The molecule has 4 atom stereocenters. The van der Waals surface area contributed by atoms with Crippen LogP contribution in [-0.2, 0) is 22.5 Å². The predicted molar refractivity (Wildman–Crippen MR) is 108 cm³/mol. The molecule has 5 rings (SSSR count). The summed E-state index contributed by atoms with van der Waals surface area (Å²) in [5.41, 5.74) is 0.498. The molecule has 5 nitrogen and oxygen atoms in total. The van der Waals surface area contributed by atoms with Gasteiger partial charge in [-0.25, -0.2) is 4.39 Å². The number of halogens is 1. The molecule has 3 fully saturated rings. The van der Waals surface area contributed by atoms with E-state index in [1.807, 2.05) is 28.5 Å². The number of rotatable bonds is 5. The summed E-state index contributed by atoms with van der Waals surface area (Å²) >= 11 is 1.60. The van der Waals surface area contributed by atoms with Crippen LogP contribution in [0.4, 0.5) is 4.39 Å². The first kappa shape index (κ1) is 19.2. The Morgan fingerprint density at radius 2 is 2.17 bits per heavy atom. The third-order valence-corrected chi connectivity index (χ3v) is 7.50. The first-order valence-corrected chi connectivity index (χ1v) is 11.0. The number of carbonyl (C=O) groups is 1. The number of amides is 1. The lowest BCUT2D eigenvalue weighted by Gasteiger charge is -2.40. The minimum absolute atomic E-state index is 0.0343.